The van der Waals surface area contributed by atoms with Crippen LogP contribution in [0.1, 0.15) is 11.1 Å². The lowest BCUT2D eigenvalue weighted by atomic mass is 10.0. The SMILES string of the molecule is Cc1ccc(-c2onc3ccc(C=CC(=O)O)cc23)cc1. The molecule has 0 unspecified atom stereocenters. The van der Waals surface area contributed by atoms with Gasteiger partial charge in [0.15, 0.2) is 5.76 Å². The fourth-order valence-corrected chi connectivity index (χ4v) is 2.14. The molecule has 0 aliphatic carbocycles. The molecule has 1 N–H and O–H groups in total. The molecule has 0 spiro atoms. The largest absolute Gasteiger partial charge is 0.478 e. The van der Waals surface area contributed by atoms with E-state index in [1.165, 1.54) is 5.56 Å². The van der Waals surface area contributed by atoms with Crippen LogP contribution >= 0.6 is 0 Å². The number of rotatable bonds is 3. The first-order chi connectivity index (χ1) is 10.1. The van der Waals surface area contributed by atoms with Crippen molar-refractivity contribution in [1.29, 1.82) is 0 Å². The third-order valence-electron chi connectivity index (χ3n) is 3.23. The van der Waals surface area contributed by atoms with Gasteiger partial charge in [-0.15, -0.1) is 0 Å². The number of aromatic nitrogens is 1. The Kier molecular flexibility index (Phi) is 3.28. The van der Waals surface area contributed by atoms with Crippen molar-refractivity contribution in [3.05, 3.63) is 59.7 Å². The molecule has 0 bridgehead atoms. The van der Waals surface area contributed by atoms with E-state index in [0.717, 1.165) is 28.1 Å². The number of hydrogen-bond donors (Lipinski definition) is 1. The zero-order chi connectivity index (χ0) is 14.8. The standard InChI is InChI=1S/C17H13NO3/c1-11-2-6-13(7-3-11)17-14-10-12(5-9-16(19)20)4-8-15(14)18-21-17/h2-10H,1H3,(H,19,20). The molecule has 2 aromatic carbocycles. The van der Waals surface area contributed by atoms with Crippen LogP contribution in [-0.4, -0.2) is 16.2 Å². The fourth-order valence-electron chi connectivity index (χ4n) is 2.14. The maximum atomic E-state index is 10.6. The number of aliphatic carboxylic acids is 1. The molecular weight excluding hydrogens is 266 g/mol. The topological polar surface area (TPSA) is 63.3 Å². The molecule has 4 heteroatoms. The normalized spacial score (nSPS) is 11.3. The first-order valence-corrected chi connectivity index (χ1v) is 6.51. The van der Waals surface area contributed by atoms with E-state index >= 15 is 0 Å². The zero-order valence-corrected chi connectivity index (χ0v) is 11.4. The molecule has 0 aliphatic rings. The summed E-state index contributed by atoms with van der Waals surface area (Å²) >= 11 is 0. The summed E-state index contributed by atoms with van der Waals surface area (Å²) in [4.78, 5) is 10.6. The Morgan fingerprint density at radius 2 is 1.95 bits per heavy atom. The summed E-state index contributed by atoms with van der Waals surface area (Å²) in [5.74, 6) is -0.283. The summed E-state index contributed by atoms with van der Waals surface area (Å²) in [5, 5.41) is 13.6. The van der Waals surface area contributed by atoms with Crippen molar-refractivity contribution < 1.29 is 14.4 Å². The Morgan fingerprint density at radius 3 is 2.67 bits per heavy atom. The van der Waals surface area contributed by atoms with Crippen molar-refractivity contribution in [2.24, 2.45) is 0 Å². The van der Waals surface area contributed by atoms with Crippen LogP contribution in [0.4, 0.5) is 0 Å². The Hall–Kier alpha value is -2.88. The summed E-state index contributed by atoms with van der Waals surface area (Å²) < 4.78 is 5.43. The monoisotopic (exact) mass is 279 g/mol. The van der Waals surface area contributed by atoms with E-state index in [1.54, 1.807) is 6.08 Å². The Bertz CT molecular complexity index is 829. The van der Waals surface area contributed by atoms with Crippen molar-refractivity contribution in [1.82, 2.24) is 5.16 Å². The highest BCUT2D eigenvalue weighted by Crippen LogP contribution is 2.29. The van der Waals surface area contributed by atoms with E-state index in [0.29, 0.717) is 5.76 Å². The number of carboxylic acids is 1. The lowest BCUT2D eigenvalue weighted by Crippen LogP contribution is -1.85. The van der Waals surface area contributed by atoms with Crippen molar-refractivity contribution >= 4 is 22.9 Å². The van der Waals surface area contributed by atoms with E-state index < -0.39 is 5.97 Å². The minimum atomic E-state index is -0.973. The van der Waals surface area contributed by atoms with Crippen LogP contribution in [0.3, 0.4) is 0 Å². The van der Waals surface area contributed by atoms with Crippen LogP contribution in [0.2, 0.25) is 0 Å². The lowest BCUT2D eigenvalue weighted by molar-refractivity contribution is -0.131. The average molecular weight is 279 g/mol. The number of carboxylic acid groups (broad SMARTS) is 1. The number of fused-ring (bicyclic) bond motifs is 1. The van der Waals surface area contributed by atoms with E-state index in [1.807, 2.05) is 49.4 Å². The molecule has 0 fully saturated rings. The van der Waals surface area contributed by atoms with Gasteiger partial charge >= 0.3 is 5.97 Å². The number of hydrogen-bond acceptors (Lipinski definition) is 3. The zero-order valence-electron chi connectivity index (χ0n) is 11.4. The third-order valence-corrected chi connectivity index (χ3v) is 3.23. The highest BCUT2D eigenvalue weighted by atomic mass is 16.5. The maximum absolute atomic E-state index is 10.6. The van der Waals surface area contributed by atoms with Gasteiger partial charge in [-0.05, 0) is 30.7 Å². The Morgan fingerprint density at radius 1 is 1.19 bits per heavy atom. The quantitative estimate of drug-likeness (QED) is 0.738. The highest BCUT2D eigenvalue weighted by molar-refractivity contribution is 5.94. The van der Waals surface area contributed by atoms with Crippen LogP contribution < -0.4 is 0 Å². The molecule has 0 radical (unpaired) electrons. The molecule has 3 aromatic rings. The molecule has 0 aliphatic heterocycles. The second kappa shape index (κ2) is 5.25. The minimum absolute atomic E-state index is 0.690. The molecule has 0 amide bonds. The Balaban J connectivity index is 2.09. The molecule has 1 heterocycles. The van der Waals surface area contributed by atoms with Crippen molar-refractivity contribution in [2.75, 3.05) is 0 Å². The second-order valence-electron chi connectivity index (χ2n) is 4.83. The van der Waals surface area contributed by atoms with Gasteiger partial charge in [0.25, 0.3) is 0 Å². The van der Waals surface area contributed by atoms with Gasteiger partial charge in [0.2, 0.25) is 0 Å². The van der Waals surface area contributed by atoms with E-state index in [2.05, 4.69) is 5.16 Å². The number of benzene rings is 2. The van der Waals surface area contributed by atoms with E-state index in [9.17, 15) is 4.79 Å². The van der Waals surface area contributed by atoms with Gasteiger partial charge in [0.05, 0.1) is 5.39 Å². The number of carbonyl (C=O) groups is 1. The van der Waals surface area contributed by atoms with Gasteiger partial charge < -0.3 is 9.63 Å². The minimum Gasteiger partial charge on any atom is -0.478 e. The second-order valence-corrected chi connectivity index (χ2v) is 4.83. The van der Waals surface area contributed by atoms with E-state index in [4.69, 9.17) is 9.63 Å². The molecule has 3 rings (SSSR count). The smallest absolute Gasteiger partial charge is 0.328 e. The number of aryl methyl sites for hydroxylation is 1. The molecule has 1 aromatic heterocycles. The van der Waals surface area contributed by atoms with Gasteiger partial charge in [0.1, 0.15) is 5.52 Å². The van der Waals surface area contributed by atoms with Gasteiger partial charge in [-0.2, -0.15) is 0 Å². The molecule has 104 valence electrons. The highest BCUT2D eigenvalue weighted by Gasteiger charge is 2.10. The molecule has 0 saturated heterocycles. The summed E-state index contributed by atoms with van der Waals surface area (Å²) in [6.07, 6.45) is 2.66. The maximum Gasteiger partial charge on any atom is 0.328 e. The number of nitrogens with zero attached hydrogens (tertiary/aromatic N) is 1. The summed E-state index contributed by atoms with van der Waals surface area (Å²) in [5.41, 5.74) is 3.66. The average Bonchev–Trinajstić information content (AvgIpc) is 2.89. The molecule has 0 saturated carbocycles. The molecule has 0 atom stereocenters. The van der Waals surface area contributed by atoms with Crippen LogP contribution in [-0.2, 0) is 4.79 Å². The first-order valence-electron chi connectivity index (χ1n) is 6.51. The van der Waals surface area contributed by atoms with Gasteiger partial charge in [-0.1, -0.05) is 41.1 Å². The van der Waals surface area contributed by atoms with Crippen LogP contribution in [0.5, 0.6) is 0 Å². The van der Waals surface area contributed by atoms with Gasteiger partial charge in [-0.3, -0.25) is 0 Å². The molecule has 4 nitrogen and oxygen atoms in total. The summed E-state index contributed by atoms with van der Waals surface area (Å²) in [6.45, 7) is 2.02. The Labute approximate surface area is 121 Å². The predicted octanol–water partition coefficient (Wildman–Crippen LogP) is 3.90. The van der Waals surface area contributed by atoms with Gasteiger partial charge in [0, 0.05) is 11.6 Å². The van der Waals surface area contributed by atoms with Crippen molar-refractivity contribution in [3.63, 3.8) is 0 Å². The first kappa shape index (κ1) is 13.1. The van der Waals surface area contributed by atoms with Crippen LogP contribution in [0.25, 0.3) is 28.3 Å². The molecule has 21 heavy (non-hydrogen) atoms. The van der Waals surface area contributed by atoms with Crippen LogP contribution in [0, 0.1) is 6.92 Å². The molecular formula is C17H13NO3. The van der Waals surface area contributed by atoms with Crippen LogP contribution in [0.15, 0.2) is 53.1 Å². The van der Waals surface area contributed by atoms with Gasteiger partial charge in [-0.25, -0.2) is 4.79 Å². The predicted molar refractivity (Wildman–Crippen MR) is 80.9 cm³/mol. The van der Waals surface area contributed by atoms with Crippen molar-refractivity contribution in [3.8, 4) is 11.3 Å². The third kappa shape index (κ3) is 2.69. The fraction of sp³-hybridized carbons (Fsp3) is 0.0588. The lowest BCUT2D eigenvalue weighted by Gasteiger charge is -1.98. The summed E-state index contributed by atoms with van der Waals surface area (Å²) in [7, 11) is 0. The van der Waals surface area contributed by atoms with E-state index in [-0.39, 0.29) is 0 Å². The van der Waals surface area contributed by atoms with Crippen molar-refractivity contribution in [2.45, 2.75) is 6.92 Å². The summed E-state index contributed by atoms with van der Waals surface area (Å²) in [6, 6.07) is 13.5.